The highest BCUT2D eigenvalue weighted by Crippen LogP contribution is 2.16. The Hall–Kier alpha value is -1.55. The summed E-state index contributed by atoms with van der Waals surface area (Å²) in [6.45, 7) is 1.32. The van der Waals surface area contributed by atoms with E-state index in [0.717, 1.165) is 0 Å². The Bertz CT molecular complexity index is 289. The summed E-state index contributed by atoms with van der Waals surface area (Å²) in [6, 6.07) is 5.67. The maximum atomic E-state index is 10.9. The topological polar surface area (TPSA) is 66.8 Å². The monoisotopic (exact) mass is 182 g/mol. The number of benzene rings is 1. The summed E-state index contributed by atoms with van der Waals surface area (Å²) in [5, 5.41) is 17.7. The van der Waals surface area contributed by atoms with Crippen LogP contribution in [-0.2, 0) is 4.79 Å². The highest BCUT2D eigenvalue weighted by molar-refractivity contribution is 5.76. The first-order chi connectivity index (χ1) is 6.09. The number of carbonyl (C=O) groups is 1. The molecule has 13 heavy (non-hydrogen) atoms. The predicted molar refractivity (Wildman–Crippen MR) is 45.4 cm³/mol. The van der Waals surface area contributed by atoms with Crippen LogP contribution >= 0.6 is 0 Å². The van der Waals surface area contributed by atoms with Crippen molar-refractivity contribution in [2.24, 2.45) is 0 Å². The number of hydrogen-bond acceptors (Lipinski definition) is 4. The molecule has 0 radical (unpaired) electrons. The van der Waals surface area contributed by atoms with Crippen molar-refractivity contribution in [1.29, 1.82) is 0 Å². The maximum Gasteiger partial charge on any atom is 0.340 e. The van der Waals surface area contributed by atoms with Crippen molar-refractivity contribution in [3.8, 4) is 11.5 Å². The summed E-state index contributed by atoms with van der Waals surface area (Å²) < 4.78 is 4.73. The largest absolute Gasteiger partial charge is 0.508 e. The fourth-order valence-corrected chi connectivity index (χ4v) is 0.716. The third kappa shape index (κ3) is 2.76. The summed E-state index contributed by atoms with van der Waals surface area (Å²) in [7, 11) is 0. The average molecular weight is 182 g/mol. The molecule has 0 aliphatic heterocycles. The zero-order valence-corrected chi connectivity index (χ0v) is 7.10. The van der Waals surface area contributed by atoms with Gasteiger partial charge in [0.15, 0.2) is 0 Å². The molecule has 0 heterocycles. The number of rotatable bonds is 2. The molecule has 0 saturated heterocycles. The lowest BCUT2D eigenvalue weighted by atomic mass is 10.3. The third-order valence-corrected chi connectivity index (χ3v) is 1.40. The van der Waals surface area contributed by atoms with Gasteiger partial charge in [-0.2, -0.15) is 0 Å². The first-order valence-electron chi connectivity index (χ1n) is 3.78. The molecule has 1 unspecified atom stereocenters. The number of ether oxygens (including phenoxy) is 1. The lowest BCUT2D eigenvalue weighted by molar-refractivity contribution is -0.142. The molecule has 0 saturated carbocycles. The van der Waals surface area contributed by atoms with E-state index in [1.807, 2.05) is 0 Å². The molecular weight excluding hydrogens is 172 g/mol. The Morgan fingerprint density at radius 3 is 2.38 bits per heavy atom. The molecule has 0 bridgehead atoms. The molecule has 1 aromatic carbocycles. The minimum Gasteiger partial charge on any atom is -0.508 e. The Labute approximate surface area is 75.4 Å². The Balaban J connectivity index is 2.65. The van der Waals surface area contributed by atoms with Crippen LogP contribution in [0.2, 0.25) is 0 Å². The van der Waals surface area contributed by atoms with Crippen molar-refractivity contribution in [2.45, 2.75) is 13.0 Å². The van der Waals surface area contributed by atoms with E-state index in [4.69, 9.17) is 14.9 Å². The summed E-state index contributed by atoms with van der Waals surface area (Å²) in [5.74, 6) is -0.328. The molecule has 0 aliphatic rings. The first kappa shape index (κ1) is 9.54. The van der Waals surface area contributed by atoms with Gasteiger partial charge in [-0.1, -0.05) is 0 Å². The fourth-order valence-electron chi connectivity index (χ4n) is 0.716. The second kappa shape index (κ2) is 3.91. The Morgan fingerprint density at radius 2 is 1.92 bits per heavy atom. The number of aromatic hydroxyl groups is 1. The number of esters is 1. The van der Waals surface area contributed by atoms with E-state index in [9.17, 15) is 4.79 Å². The van der Waals surface area contributed by atoms with Crippen LogP contribution in [-0.4, -0.2) is 22.3 Å². The van der Waals surface area contributed by atoms with Gasteiger partial charge in [0.2, 0.25) is 0 Å². The van der Waals surface area contributed by atoms with E-state index in [2.05, 4.69) is 0 Å². The molecule has 0 aliphatic carbocycles. The normalized spacial score (nSPS) is 12.2. The maximum absolute atomic E-state index is 10.9. The van der Waals surface area contributed by atoms with Gasteiger partial charge in [0.1, 0.15) is 17.6 Å². The van der Waals surface area contributed by atoms with Gasteiger partial charge < -0.3 is 14.9 Å². The second-order valence-corrected chi connectivity index (χ2v) is 2.59. The summed E-state index contributed by atoms with van der Waals surface area (Å²) in [5.41, 5.74) is 0. The van der Waals surface area contributed by atoms with Gasteiger partial charge >= 0.3 is 5.97 Å². The number of phenolic OH excluding ortho intramolecular Hbond substituents is 1. The van der Waals surface area contributed by atoms with Crippen LogP contribution in [0.1, 0.15) is 6.92 Å². The molecule has 0 amide bonds. The summed E-state index contributed by atoms with van der Waals surface area (Å²) >= 11 is 0. The molecule has 0 spiro atoms. The SMILES string of the molecule is CC(O)C(=O)Oc1ccc(O)cc1. The number of hydrogen-bond donors (Lipinski definition) is 2. The van der Waals surface area contributed by atoms with Gasteiger partial charge in [-0.05, 0) is 31.2 Å². The van der Waals surface area contributed by atoms with Gasteiger partial charge in [-0.25, -0.2) is 4.79 Å². The number of phenols is 1. The minimum atomic E-state index is -1.14. The lowest BCUT2D eigenvalue weighted by Crippen LogP contribution is -2.21. The van der Waals surface area contributed by atoms with Crippen LogP contribution in [0.4, 0.5) is 0 Å². The lowest BCUT2D eigenvalue weighted by Gasteiger charge is -2.05. The van der Waals surface area contributed by atoms with Crippen molar-refractivity contribution in [1.82, 2.24) is 0 Å². The van der Waals surface area contributed by atoms with Crippen molar-refractivity contribution in [3.05, 3.63) is 24.3 Å². The van der Waals surface area contributed by atoms with Gasteiger partial charge in [-0.15, -0.1) is 0 Å². The highest BCUT2D eigenvalue weighted by Gasteiger charge is 2.10. The quantitative estimate of drug-likeness (QED) is 0.521. The molecule has 1 atom stereocenters. The number of aliphatic hydroxyl groups excluding tert-OH is 1. The highest BCUT2D eigenvalue weighted by atomic mass is 16.5. The number of carbonyl (C=O) groups excluding carboxylic acids is 1. The molecule has 0 aromatic heterocycles. The van der Waals surface area contributed by atoms with E-state index in [1.165, 1.54) is 31.2 Å². The van der Waals surface area contributed by atoms with Crippen LogP contribution in [0.3, 0.4) is 0 Å². The standard InChI is InChI=1S/C9H10O4/c1-6(10)9(12)13-8-4-2-7(11)3-5-8/h2-6,10-11H,1H3. The van der Waals surface area contributed by atoms with Crippen LogP contribution in [0.25, 0.3) is 0 Å². The summed E-state index contributed by atoms with van der Waals surface area (Å²) in [6.07, 6.45) is -1.14. The van der Waals surface area contributed by atoms with E-state index in [0.29, 0.717) is 5.75 Å². The minimum absolute atomic E-state index is 0.0943. The van der Waals surface area contributed by atoms with Crippen molar-refractivity contribution in [2.75, 3.05) is 0 Å². The Kier molecular flexibility index (Phi) is 2.87. The van der Waals surface area contributed by atoms with Crippen LogP contribution in [0, 0.1) is 0 Å². The molecule has 4 heteroatoms. The first-order valence-corrected chi connectivity index (χ1v) is 3.78. The van der Waals surface area contributed by atoms with Crippen LogP contribution in [0.15, 0.2) is 24.3 Å². The zero-order chi connectivity index (χ0) is 9.84. The molecule has 0 fully saturated rings. The molecule has 4 nitrogen and oxygen atoms in total. The predicted octanol–water partition coefficient (Wildman–Crippen LogP) is 0.678. The van der Waals surface area contributed by atoms with Crippen LogP contribution in [0.5, 0.6) is 11.5 Å². The van der Waals surface area contributed by atoms with E-state index >= 15 is 0 Å². The third-order valence-electron chi connectivity index (χ3n) is 1.40. The van der Waals surface area contributed by atoms with Gasteiger partial charge in [0.25, 0.3) is 0 Å². The average Bonchev–Trinajstić information content (AvgIpc) is 2.08. The smallest absolute Gasteiger partial charge is 0.340 e. The van der Waals surface area contributed by atoms with Gasteiger partial charge in [0, 0.05) is 0 Å². The zero-order valence-electron chi connectivity index (χ0n) is 7.10. The number of aliphatic hydroxyl groups is 1. The van der Waals surface area contributed by atoms with Crippen LogP contribution < -0.4 is 4.74 Å². The molecule has 70 valence electrons. The van der Waals surface area contributed by atoms with Gasteiger partial charge in [-0.3, -0.25) is 0 Å². The molecule has 1 aromatic rings. The second-order valence-electron chi connectivity index (χ2n) is 2.59. The van der Waals surface area contributed by atoms with Crippen molar-refractivity contribution in [3.63, 3.8) is 0 Å². The fraction of sp³-hybridized carbons (Fsp3) is 0.222. The molecular formula is C9H10O4. The van der Waals surface area contributed by atoms with E-state index < -0.39 is 12.1 Å². The van der Waals surface area contributed by atoms with Gasteiger partial charge in [0.05, 0.1) is 0 Å². The van der Waals surface area contributed by atoms with E-state index in [-0.39, 0.29) is 5.75 Å². The molecule has 2 N–H and O–H groups in total. The van der Waals surface area contributed by atoms with E-state index in [1.54, 1.807) is 0 Å². The Morgan fingerprint density at radius 1 is 1.38 bits per heavy atom. The van der Waals surface area contributed by atoms with Crippen molar-refractivity contribution >= 4 is 5.97 Å². The molecule has 1 rings (SSSR count). The van der Waals surface area contributed by atoms with Crippen molar-refractivity contribution < 1.29 is 19.7 Å². The summed E-state index contributed by atoms with van der Waals surface area (Å²) in [4.78, 5) is 10.9.